The summed E-state index contributed by atoms with van der Waals surface area (Å²) in [5.74, 6) is 0.123. The highest BCUT2D eigenvalue weighted by molar-refractivity contribution is 5.90. The normalized spacial score (nSPS) is 14.9. The molecule has 0 atom stereocenters. The van der Waals surface area contributed by atoms with Crippen LogP contribution in [0.5, 0.6) is 0 Å². The number of nitrogens with one attached hydrogen (secondary N) is 2. The van der Waals surface area contributed by atoms with Gasteiger partial charge in [-0.15, -0.1) is 0 Å². The molecule has 2 N–H and O–H groups in total. The summed E-state index contributed by atoms with van der Waals surface area (Å²) in [6.45, 7) is 5.07. The van der Waals surface area contributed by atoms with E-state index in [0.29, 0.717) is 13.0 Å². The molecule has 0 aliphatic carbocycles. The molecule has 0 unspecified atom stereocenters. The van der Waals surface area contributed by atoms with Crippen molar-refractivity contribution in [3.63, 3.8) is 0 Å². The third-order valence-electron chi connectivity index (χ3n) is 5.42. The lowest BCUT2D eigenvalue weighted by atomic mass is 10.0. The molecule has 0 spiro atoms. The SMILES string of the molecule is O=C(CCCc1c(-c2ccccn2)[nH]c2ccccc12)NCCN1CCOCC1. The van der Waals surface area contributed by atoms with Gasteiger partial charge in [0.2, 0.25) is 5.91 Å². The van der Waals surface area contributed by atoms with Crippen molar-refractivity contribution in [2.45, 2.75) is 19.3 Å². The zero-order valence-electron chi connectivity index (χ0n) is 16.7. The molecule has 1 aromatic carbocycles. The Kier molecular flexibility index (Phi) is 6.54. The maximum atomic E-state index is 12.3. The van der Waals surface area contributed by atoms with Crippen LogP contribution >= 0.6 is 0 Å². The smallest absolute Gasteiger partial charge is 0.220 e. The minimum atomic E-state index is 0.123. The largest absolute Gasteiger partial charge is 0.379 e. The standard InChI is InChI=1S/C23H28N4O2/c28-22(25-12-13-27-14-16-29-17-15-27)10-5-7-19-18-6-1-2-8-20(18)26-23(19)21-9-3-4-11-24-21/h1-4,6,8-9,11,26H,5,7,10,12-17H2,(H,25,28). The second-order valence-electron chi connectivity index (χ2n) is 7.40. The van der Waals surface area contributed by atoms with E-state index in [4.69, 9.17) is 4.74 Å². The fourth-order valence-corrected chi connectivity index (χ4v) is 3.88. The van der Waals surface area contributed by atoms with Gasteiger partial charge in [-0.3, -0.25) is 14.7 Å². The molecule has 1 saturated heterocycles. The number of carbonyl (C=O) groups is 1. The number of benzene rings is 1. The highest BCUT2D eigenvalue weighted by Gasteiger charge is 2.14. The number of H-pyrrole nitrogens is 1. The predicted octanol–water partition coefficient (Wildman–Crippen LogP) is 3.00. The molecule has 1 amide bonds. The van der Waals surface area contributed by atoms with Gasteiger partial charge in [-0.25, -0.2) is 0 Å². The molecule has 4 rings (SSSR count). The zero-order valence-corrected chi connectivity index (χ0v) is 16.7. The molecule has 3 aromatic rings. The number of pyridine rings is 1. The van der Waals surface area contributed by atoms with Gasteiger partial charge < -0.3 is 15.0 Å². The zero-order chi connectivity index (χ0) is 19.9. The van der Waals surface area contributed by atoms with E-state index >= 15 is 0 Å². The van der Waals surface area contributed by atoms with Crippen LogP contribution in [0.3, 0.4) is 0 Å². The lowest BCUT2D eigenvalue weighted by Crippen LogP contribution is -2.41. The number of nitrogens with zero attached hydrogens (tertiary/aromatic N) is 2. The van der Waals surface area contributed by atoms with Gasteiger partial charge in [-0.1, -0.05) is 24.3 Å². The molecule has 6 heteroatoms. The number of aromatic nitrogens is 2. The minimum absolute atomic E-state index is 0.123. The first-order valence-corrected chi connectivity index (χ1v) is 10.4. The van der Waals surface area contributed by atoms with Crippen LogP contribution in [0.1, 0.15) is 18.4 Å². The monoisotopic (exact) mass is 392 g/mol. The summed E-state index contributed by atoms with van der Waals surface area (Å²) < 4.78 is 5.35. The molecule has 6 nitrogen and oxygen atoms in total. The van der Waals surface area contributed by atoms with Gasteiger partial charge in [-0.2, -0.15) is 0 Å². The highest BCUT2D eigenvalue weighted by Crippen LogP contribution is 2.30. The number of aryl methyl sites for hydroxylation is 1. The number of ether oxygens (including phenoxy) is 1. The van der Waals surface area contributed by atoms with Crippen LogP contribution in [0.4, 0.5) is 0 Å². The van der Waals surface area contributed by atoms with Crippen LogP contribution in [0.25, 0.3) is 22.3 Å². The second kappa shape index (κ2) is 9.67. The van der Waals surface area contributed by atoms with Crippen LogP contribution in [0, 0.1) is 0 Å². The van der Waals surface area contributed by atoms with E-state index in [1.54, 1.807) is 0 Å². The summed E-state index contributed by atoms with van der Waals surface area (Å²) in [5.41, 5.74) is 4.34. The van der Waals surface area contributed by atoms with Gasteiger partial charge in [0.05, 0.1) is 24.6 Å². The number of amides is 1. The Hall–Kier alpha value is -2.70. The van der Waals surface area contributed by atoms with E-state index in [2.05, 4.69) is 38.4 Å². The van der Waals surface area contributed by atoms with E-state index in [1.165, 1.54) is 10.9 Å². The first kappa shape index (κ1) is 19.6. The Labute approximate surface area is 171 Å². The molecule has 0 saturated carbocycles. The number of hydrogen-bond acceptors (Lipinski definition) is 4. The van der Waals surface area contributed by atoms with Crippen molar-refractivity contribution < 1.29 is 9.53 Å². The lowest BCUT2D eigenvalue weighted by Gasteiger charge is -2.26. The Bertz CT molecular complexity index is 932. The number of rotatable bonds is 8. The fourth-order valence-electron chi connectivity index (χ4n) is 3.88. The van der Waals surface area contributed by atoms with Crippen molar-refractivity contribution in [1.82, 2.24) is 20.2 Å². The summed E-state index contributed by atoms with van der Waals surface area (Å²) in [6, 6.07) is 14.3. The fraction of sp³-hybridized carbons (Fsp3) is 0.391. The minimum Gasteiger partial charge on any atom is -0.379 e. The molecular formula is C23H28N4O2. The number of para-hydroxylation sites is 1. The van der Waals surface area contributed by atoms with Crippen molar-refractivity contribution in [2.75, 3.05) is 39.4 Å². The van der Waals surface area contributed by atoms with E-state index in [-0.39, 0.29) is 5.91 Å². The Morgan fingerprint density at radius 3 is 2.79 bits per heavy atom. The molecule has 1 fully saturated rings. The third kappa shape index (κ3) is 5.02. The number of aromatic amines is 1. The van der Waals surface area contributed by atoms with E-state index in [0.717, 1.165) is 62.6 Å². The quantitative estimate of drug-likeness (QED) is 0.618. The van der Waals surface area contributed by atoms with Crippen molar-refractivity contribution in [3.05, 3.63) is 54.2 Å². The maximum Gasteiger partial charge on any atom is 0.220 e. The van der Waals surface area contributed by atoms with E-state index < -0.39 is 0 Å². The molecule has 1 aliphatic heterocycles. The summed E-state index contributed by atoms with van der Waals surface area (Å²) in [7, 11) is 0. The van der Waals surface area contributed by atoms with Gasteiger partial charge in [-0.05, 0) is 36.6 Å². The van der Waals surface area contributed by atoms with Crippen LogP contribution in [0.15, 0.2) is 48.7 Å². The Morgan fingerprint density at radius 1 is 1.14 bits per heavy atom. The Balaban J connectivity index is 1.34. The molecule has 152 valence electrons. The molecule has 29 heavy (non-hydrogen) atoms. The summed E-state index contributed by atoms with van der Waals surface area (Å²) in [6.07, 6.45) is 3.99. The van der Waals surface area contributed by atoms with Gasteiger partial charge in [0.25, 0.3) is 0 Å². The average molecular weight is 393 g/mol. The van der Waals surface area contributed by atoms with Gasteiger partial charge >= 0.3 is 0 Å². The molecule has 3 heterocycles. The summed E-state index contributed by atoms with van der Waals surface area (Å²) in [5, 5.41) is 4.26. The second-order valence-corrected chi connectivity index (χ2v) is 7.40. The molecule has 1 aliphatic rings. The van der Waals surface area contributed by atoms with Gasteiger partial charge in [0.15, 0.2) is 0 Å². The highest BCUT2D eigenvalue weighted by atomic mass is 16.5. The molecule has 0 bridgehead atoms. The van der Waals surface area contributed by atoms with E-state index in [1.807, 2.05) is 30.5 Å². The summed E-state index contributed by atoms with van der Waals surface area (Å²) in [4.78, 5) is 22.6. The van der Waals surface area contributed by atoms with Gasteiger partial charge in [0, 0.05) is 49.7 Å². The first-order chi connectivity index (χ1) is 14.3. The molecular weight excluding hydrogens is 364 g/mol. The van der Waals surface area contributed by atoms with Crippen LogP contribution in [-0.4, -0.2) is 60.2 Å². The van der Waals surface area contributed by atoms with Crippen LogP contribution in [-0.2, 0) is 16.0 Å². The Morgan fingerprint density at radius 2 is 1.97 bits per heavy atom. The molecule has 0 radical (unpaired) electrons. The first-order valence-electron chi connectivity index (χ1n) is 10.4. The van der Waals surface area contributed by atoms with E-state index in [9.17, 15) is 4.79 Å². The van der Waals surface area contributed by atoms with Crippen molar-refractivity contribution in [1.29, 1.82) is 0 Å². The van der Waals surface area contributed by atoms with Gasteiger partial charge in [0.1, 0.15) is 0 Å². The topological polar surface area (TPSA) is 70.2 Å². The van der Waals surface area contributed by atoms with Crippen LogP contribution in [0.2, 0.25) is 0 Å². The average Bonchev–Trinajstić information content (AvgIpc) is 3.14. The van der Waals surface area contributed by atoms with Crippen molar-refractivity contribution in [2.24, 2.45) is 0 Å². The van der Waals surface area contributed by atoms with Crippen molar-refractivity contribution in [3.8, 4) is 11.4 Å². The third-order valence-corrected chi connectivity index (χ3v) is 5.42. The number of hydrogen-bond donors (Lipinski definition) is 2. The molecule has 2 aromatic heterocycles. The maximum absolute atomic E-state index is 12.3. The number of fused-ring (bicyclic) bond motifs is 1. The summed E-state index contributed by atoms with van der Waals surface area (Å²) >= 11 is 0. The number of carbonyl (C=O) groups excluding carboxylic acids is 1. The number of morpholine rings is 1. The van der Waals surface area contributed by atoms with Crippen LogP contribution < -0.4 is 5.32 Å². The lowest BCUT2D eigenvalue weighted by molar-refractivity contribution is -0.121. The predicted molar refractivity (Wildman–Crippen MR) is 115 cm³/mol. The van der Waals surface area contributed by atoms with Crippen molar-refractivity contribution >= 4 is 16.8 Å².